The number of benzene rings is 1. The van der Waals surface area contributed by atoms with Gasteiger partial charge in [0.2, 0.25) is 0 Å². The summed E-state index contributed by atoms with van der Waals surface area (Å²) in [5.74, 6) is -0.119. The lowest BCUT2D eigenvalue weighted by molar-refractivity contribution is 0.281. The second kappa shape index (κ2) is 9.09. The zero-order valence-corrected chi connectivity index (χ0v) is 13.4. The van der Waals surface area contributed by atoms with Crippen LogP contribution in [0.25, 0.3) is 0 Å². The van der Waals surface area contributed by atoms with Crippen molar-refractivity contribution in [2.45, 2.75) is 46.6 Å². The lowest BCUT2D eigenvalue weighted by Crippen LogP contribution is -2.30. The number of halogens is 1. The lowest BCUT2D eigenvalue weighted by Gasteiger charge is -2.24. The van der Waals surface area contributed by atoms with E-state index in [0.717, 1.165) is 44.6 Å². The molecule has 0 heterocycles. The highest BCUT2D eigenvalue weighted by Crippen LogP contribution is 2.20. The molecule has 1 atom stereocenters. The van der Waals surface area contributed by atoms with Crippen molar-refractivity contribution in [3.63, 3.8) is 0 Å². The van der Waals surface area contributed by atoms with Crippen LogP contribution >= 0.6 is 0 Å². The first kappa shape index (κ1) is 17.1. The van der Waals surface area contributed by atoms with Crippen molar-refractivity contribution in [3.05, 3.63) is 35.1 Å². The highest BCUT2D eigenvalue weighted by Gasteiger charge is 2.13. The molecule has 3 heteroatoms. The van der Waals surface area contributed by atoms with Crippen molar-refractivity contribution < 1.29 is 4.39 Å². The van der Waals surface area contributed by atoms with Crippen LogP contribution < -0.4 is 5.32 Å². The Bertz CT molecular complexity index is 389. The van der Waals surface area contributed by atoms with Gasteiger partial charge in [-0.3, -0.25) is 0 Å². The van der Waals surface area contributed by atoms with Gasteiger partial charge in [-0.1, -0.05) is 32.9 Å². The first-order chi connectivity index (χ1) is 9.62. The van der Waals surface area contributed by atoms with Gasteiger partial charge in [-0.25, -0.2) is 4.39 Å². The molecule has 0 saturated carbocycles. The lowest BCUT2D eigenvalue weighted by atomic mass is 10.0. The molecule has 1 aromatic carbocycles. The molecule has 0 radical (unpaired) electrons. The summed E-state index contributed by atoms with van der Waals surface area (Å²) in [5.41, 5.74) is 1.93. The van der Waals surface area contributed by atoms with E-state index in [1.807, 2.05) is 19.1 Å². The fourth-order valence-electron chi connectivity index (χ4n) is 2.44. The molecule has 0 aliphatic heterocycles. The number of nitrogens with zero attached hydrogens (tertiary/aromatic N) is 1. The smallest absolute Gasteiger partial charge is 0.126 e. The Hall–Kier alpha value is -0.930. The highest BCUT2D eigenvalue weighted by atomic mass is 19.1. The molecule has 0 fully saturated rings. The van der Waals surface area contributed by atoms with Gasteiger partial charge in [0.15, 0.2) is 0 Å². The number of aryl methyl sites for hydroxylation is 1. The minimum Gasteiger partial charge on any atom is -0.310 e. The van der Waals surface area contributed by atoms with E-state index in [1.54, 1.807) is 6.07 Å². The Kier molecular flexibility index (Phi) is 7.78. The van der Waals surface area contributed by atoms with Gasteiger partial charge >= 0.3 is 0 Å². The van der Waals surface area contributed by atoms with Gasteiger partial charge in [0.05, 0.1) is 0 Å². The molecule has 20 heavy (non-hydrogen) atoms. The second-order valence-electron chi connectivity index (χ2n) is 5.33. The Morgan fingerprint density at radius 1 is 1.20 bits per heavy atom. The third kappa shape index (κ3) is 5.22. The van der Waals surface area contributed by atoms with E-state index in [-0.39, 0.29) is 5.82 Å². The van der Waals surface area contributed by atoms with Gasteiger partial charge in [-0.2, -0.15) is 0 Å². The summed E-state index contributed by atoms with van der Waals surface area (Å²) in [6.07, 6.45) is 2.18. The first-order valence-corrected chi connectivity index (χ1v) is 7.84. The van der Waals surface area contributed by atoms with E-state index in [0.29, 0.717) is 6.04 Å². The van der Waals surface area contributed by atoms with Crippen LogP contribution in [0.4, 0.5) is 4.39 Å². The molecule has 0 spiro atoms. The number of hydrogen-bond donors (Lipinski definition) is 1. The summed E-state index contributed by atoms with van der Waals surface area (Å²) in [6, 6.07) is 5.79. The van der Waals surface area contributed by atoms with Crippen molar-refractivity contribution >= 4 is 0 Å². The van der Waals surface area contributed by atoms with Gasteiger partial charge in [0, 0.05) is 6.04 Å². The highest BCUT2D eigenvalue weighted by molar-refractivity contribution is 5.26. The van der Waals surface area contributed by atoms with Crippen LogP contribution in [-0.2, 0) is 0 Å². The average Bonchev–Trinajstić information content (AvgIpc) is 2.46. The molecule has 0 aliphatic carbocycles. The van der Waals surface area contributed by atoms with E-state index >= 15 is 0 Å². The third-order valence-electron chi connectivity index (χ3n) is 3.85. The molecule has 0 aliphatic rings. The number of nitrogens with one attached hydrogen (secondary N) is 1. The molecule has 0 saturated heterocycles. The summed E-state index contributed by atoms with van der Waals surface area (Å²) in [5, 5.41) is 3.59. The second-order valence-corrected chi connectivity index (χ2v) is 5.33. The molecular formula is C17H29FN2. The van der Waals surface area contributed by atoms with Gasteiger partial charge < -0.3 is 10.2 Å². The fourth-order valence-corrected chi connectivity index (χ4v) is 2.44. The molecule has 0 amide bonds. The summed E-state index contributed by atoms with van der Waals surface area (Å²) >= 11 is 0. The minimum atomic E-state index is -0.119. The van der Waals surface area contributed by atoms with Crippen LogP contribution in [0.3, 0.4) is 0 Å². The molecule has 114 valence electrons. The number of hydrogen-bond acceptors (Lipinski definition) is 2. The van der Waals surface area contributed by atoms with Gasteiger partial charge in [0.25, 0.3) is 0 Å². The van der Waals surface area contributed by atoms with Crippen LogP contribution in [0.5, 0.6) is 0 Å². The van der Waals surface area contributed by atoms with Crippen LogP contribution in [0.1, 0.15) is 50.8 Å². The maximum absolute atomic E-state index is 13.4. The van der Waals surface area contributed by atoms with Crippen LogP contribution in [-0.4, -0.2) is 31.1 Å². The summed E-state index contributed by atoms with van der Waals surface area (Å²) in [7, 11) is 0. The number of rotatable bonds is 9. The summed E-state index contributed by atoms with van der Waals surface area (Å²) < 4.78 is 13.4. The predicted octanol–water partition coefficient (Wildman–Crippen LogP) is 3.91. The van der Waals surface area contributed by atoms with E-state index in [9.17, 15) is 4.39 Å². The quantitative estimate of drug-likeness (QED) is 0.738. The Morgan fingerprint density at radius 2 is 1.90 bits per heavy atom. The summed E-state index contributed by atoms with van der Waals surface area (Å²) in [6.45, 7) is 12.6. The zero-order chi connectivity index (χ0) is 15.0. The van der Waals surface area contributed by atoms with Crippen LogP contribution in [0.2, 0.25) is 0 Å². The van der Waals surface area contributed by atoms with Crippen LogP contribution in [0, 0.1) is 12.7 Å². The van der Waals surface area contributed by atoms with Crippen molar-refractivity contribution in [1.82, 2.24) is 10.2 Å². The van der Waals surface area contributed by atoms with E-state index in [1.165, 1.54) is 5.56 Å². The predicted molar refractivity (Wildman–Crippen MR) is 84.6 cm³/mol. The third-order valence-corrected chi connectivity index (χ3v) is 3.85. The van der Waals surface area contributed by atoms with Crippen molar-refractivity contribution in [2.75, 3.05) is 26.2 Å². The van der Waals surface area contributed by atoms with E-state index in [2.05, 4.69) is 31.0 Å². The fraction of sp³-hybridized carbons (Fsp3) is 0.647. The maximum Gasteiger partial charge on any atom is 0.126 e. The molecule has 1 N–H and O–H groups in total. The Balaban J connectivity index is 2.74. The topological polar surface area (TPSA) is 15.3 Å². The zero-order valence-electron chi connectivity index (χ0n) is 13.4. The van der Waals surface area contributed by atoms with E-state index in [4.69, 9.17) is 0 Å². The average molecular weight is 280 g/mol. The van der Waals surface area contributed by atoms with Crippen LogP contribution in [0.15, 0.2) is 18.2 Å². The SMILES string of the molecule is CCCNC(CCN(CC)CC)c1ccc(F)c(C)c1. The Labute approximate surface area is 123 Å². The minimum absolute atomic E-state index is 0.119. The molecule has 0 aromatic heterocycles. The van der Waals surface area contributed by atoms with Crippen molar-refractivity contribution in [2.24, 2.45) is 0 Å². The van der Waals surface area contributed by atoms with E-state index < -0.39 is 0 Å². The monoisotopic (exact) mass is 280 g/mol. The van der Waals surface area contributed by atoms with Gasteiger partial charge in [-0.15, -0.1) is 0 Å². The largest absolute Gasteiger partial charge is 0.310 e. The molecule has 1 unspecified atom stereocenters. The van der Waals surface area contributed by atoms with Gasteiger partial charge in [-0.05, 0) is 63.1 Å². The molecule has 1 aromatic rings. The normalized spacial score (nSPS) is 12.9. The van der Waals surface area contributed by atoms with Crippen molar-refractivity contribution in [1.29, 1.82) is 0 Å². The molecule has 2 nitrogen and oxygen atoms in total. The summed E-state index contributed by atoms with van der Waals surface area (Å²) in [4.78, 5) is 2.43. The van der Waals surface area contributed by atoms with Gasteiger partial charge in [0.1, 0.15) is 5.82 Å². The Morgan fingerprint density at radius 3 is 2.45 bits per heavy atom. The molecule has 1 rings (SSSR count). The molecule has 0 bridgehead atoms. The van der Waals surface area contributed by atoms with Crippen molar-refractivity contribution in [3.8, 4) is 0 Å². The standard InChI is InChI=1S/C17H29FN2/c1-5-11-19-17(10-12-20(6-2)7-3)15-8-9-16(18)14(4)13-15/h8-9,13,17,19H,5-7,10-12H2,1-4H3. The molecular weight excluding hydrogens is 251 g/mol. The maximum atomic E-state index is 13.4. The first-order valence-electron chi connectivity index (χ1n) is 7.84.